The van der Waals surface area contributed by atoms with Crippen molar-refractivity contribution in [3.63, 3.8) is 0 Å². The van der Waals surface area contributed by atoms with Crippen molar-refractivity contribution in [1.29, 1.82) is 0 Å². The summed E-state index contributed by atoms with van der Waals surface area (Å²) >= 11 is 0. The van der Waals surface area contributed by atoms with E-state index in [4.69, 9.17) is 4.74 Å². The van der Waals surface area contributed by atoms with Crippen LogP contribution in [0.25, 0.3) is 0 Å². The van der Waals surface area contributed by atoms with Crippen molar-refractivity contribution in [3.8, 4) is 5.75 Å². The van der Waals surface area contributed by atoms with Crippen LogP contribution in [0.5, 0.6) is 5.75 Å². The van der Waals surface area contributed by atoms with Crippen LogP contribution < -0.4 is 10.1 Å². The van der Waals surface area contributed by atoms with Gasteiger partial charge in [0.1, 0.15) is 11.6 Å². The summed E-state index contributed by atoms with van der Waals surface area (Å²) in [5, 5.41) is 1.41. The van der Waals surface area contributed by atoms with E-state index in [0.29, 0.717) is 17.7 Å². The number of piperidine rings is 1. The fourth-order valence-electron chi connectivity index (χ4n) is 3.68. The van der Waals surface area contributed by atoms with E-state index in [1.807, 2.05) is 0 Å². The molecule has 0 aliphatic carbocycles. The van der Waals surface area contributed by atoms with Gasteiger partial charge in [0.05, 0.1) is 4.90 Å². The van der Waals surface area contributed by atoms with Crippen LogP contribution in [0.3, 0.4) is 0 Å². The molecule has 3 atom stereocenters. The number of nitrogens with one attached hydrogen (secondary N) is 1. The molecule has 0 saturated carbocycles. The van der Waals surface area contributed by atoms with Crippen LogP contribution in [0.2, 0.25) is 0 Å². The van der Waals surface area contributed by atoms with E-state index in [9.17, 15) is 17.6 Å². The normalized spacial score (nSPS) is 27.8. The van der Waals surface area contributed by atoms with Gasteiger partial charge in [-0.05, 0) is 42.8 Å². The second kappa shape index (κ2) is 5.29. The largest absolute Gasteiger partial charge is 0.468 e. The molecular weight excluding hydrogens is 345 g/mol. The van der Waals surface area contributed by atoms with Crippen molar-refractivity contribution >= 4 is 15.7 Å². The van der Waals surface area contributed by atoms with Gasteiger partial charge in [0.2, 0.25) is 5.91 Å². The van der Waals surface area contributed by atoms with Crippen LogP contribution in [-0.2, 0) is 14.6 Å². The molecule has 1 saturated heterocycles. The third-order valence-electron chi connectivity index (χ3n) is 4.75. The maximum atomic E-state index is 13.2. The van der Waals surface area contributed by atoms with Crippen LogP contribution in [0.15, 0.2) is 53.4 Å². The van der Waals surface area contributed by atoms with Crippen LogP contribution in [-0.4, -0.2) is 25.3 Å². The number of ether oxygens (including phenoxy) is 1. The topological polar surface area (TPSA) is 72.5 Å². The maximum absolute atomic E-state index is 13.2. The van der Waals surface area contributed by atoms with Gasteiger partial charge in [-0.1, -0.05) is 18.2 Å². The zero-order chi connectivity index (χ0) is 17.8. The van der Waals surface area contributed by atoms with Crippen LogP contribution in [0.1, 0.15) is 24.8 Å². The average molecular weight is 361 g/mol. The van der Waals surface area contributed by atoms with Gasteiger partial charge in [0, 0.05) is 12.3 Å². The Morgan fingerprint density at radius 2 is 1.84 bits per heavy atom. The predicted octanol–water partition coefficient (Wildman–Crippen LogP) is 2.38. The quantitative estimate of drug-likeness (QED) is 0.834. The molecule has 5 nitrogen and oxygen atoms in total. The first-order valence-corrected chi connectivity index (χ1v) is 9.44. The highest BCUT2D eigenvalue weighted by Crippen LogP contribution is 2.46. The molecule has 2 aromatic rings. The number of hydrogen-bond acceptors (Lipinski definition) is 4. The van der Waals surface area contributed by atoms with Crippen LogP contribution in [0.4, 0.5) is 4.39 Å². The van der Waals surface area contributed by atoms with Crippen molar-refractivity contribution in [2.24, 2.45) is 0 Å². The van der Waals surface area contributed by atoms with Gasteiger partial charge < -0.3 is 10.1 Å². The summed E-state index contributed by atoms with van der Waals surface area (Å²) in [4.78, 5) is 12.6. The lowest BCUT2D eigenvalue weighted by molar-refractivity contribution is -0.132. The Kier molecular flexibility index (Phi) is 3.40. The first-order valence-electron chi connectivity index (χ1n) is 7.90. The lowest BCUT2D eigenvalue weighted by Gasteiger charge is -2.46. The second-order valence-corrected chi connectivity index (χ2v) is 8.66. The number of carbonyl (C=O) groups excluding carboxylic acids is 1. The second-order valence-electron chi connectivity index (χ2n) is 6.59. The first-order chi connectivity index (χ1) is 11.8. The zero-order valence-electron chi connectivity index (χ0n) is 13.4. The number of carbonyl (C=O) groups is 1. The number of halogens is 1. The molecule has 2 heterocycles. The van der Waals surface area contributed by atoms with Crippen LogP contribution in [0, 0.1) is 5.82 Å². The minimum Gasteiger partial charge on any atom is -0.468 e. The molecule has 7 heteroatoms. The summed E-state index contributed by atoms with van der Waals surface area (Å²) in [6.45, 7) is 1.73. The number of para-hydroxylation sites is 1. The van der Waals surface area contributed by atoms with Gasteiger partial charge in [0.25, 0.3) is 0 Å². The molecule has 3 unspecified atom stereocenters. The summed E-state index contributed by atoms with van der Waals surface area (Å²) in [7, 11) is -3.98. The van der Waals surface area contributed by atoms with E-state index < -0.39 is 38.5 Å². The van der Waals surface area contributed by atoms with E-state index in [1.165, 1.54) is 12.1 Å². The van der Waals surface area contributed by atoms with Crippen molar-refractivity contribution in [3.05, 3.63) is 59.9 Å². The molecule has 1 amide bonds. The van der Waals surface area contributed by atoms with Gasteiger partial charge in [0.15, 0.2) is 20.8 Å². The third kappa shape index (κ3) is 2.50. The first kappa shape index (κ1) is 16.1. The molecule has 0 aromatic heterocycles. The monoisotopic (exact) mass is 361 g/mol. The minimum atomic E-state index is -3.98. The van der Waals surface area contributed by atoms with Gasteiger partial charge >= 0.3 is 0 Å². The summed E-state index contributed by atoms with van der Waals surface area (Å²) in [5.74, 6) is -1.09. The molecule has 25 heavy (non-hydrogen) atoms. The molecule has 2 aliphatic rings. The molecule has 0 spiro atoms. The average Bonchev–Trinajstić information content (AvgIpc) is 2.54. The molecule has 130 valence electrons. The zero-order valence-corrected chi connectivity index (χ0v) is 14.2. The van der Waals surface area contributed by atoms with Crippen molar-refractivity contribution < 1.29 is 22.3 Å². The Hall–Kier alpha value is -2.41. The molecule has 4 rings (SSSR count). The number of rotatable bonds is 2. The number of sulfone groups is 1. The number of hydrogen-bond donors (Lipinski definition) is 1. The number of fused-ring (bicyclic) bond motifs is 4. The van der Waals surface area contributed by atoms with Gasteiger partial charge in [-0.25, -0.2) is 12.8 Å². The Balaban J connectivity index is 1.85. The Labute approximate surface area is 144 Å². The summed E-state index contributed by atoms with van der Waals surface area (Å²) in [6, 6.07) is 11.7. The summed E-state index contributed by atoms with van der Waals surface area (Å²) in [6.07, 6.45) is 0.348. The molecule has 1 fully saturated rings. The van der Waals surface area contributed by atoms with Gasteiger partial charge in [-0.3, -0.25) is 4.79 Å². The van der Waals surface area contributed by atoms with Crippen molar-refractivity contribution in [2.45, 2.75) is 35.1 Å². The lowest BCUT2D eigenvalue weighted by atomic mass is 9.81. The smallest absolute Gasteiger partial charge is 0.242 e. The van der Waals surface area contributed by atoms with Gasteiger partial charge in [-0.15, -0.1) is 0 Å². The van der Waals surface area contributed by atoms with E-state index in [1.54, 1.807) is 31.2 Å². The highest BCUT2D eigenvalue weighted by atomic mass is 32.2. The Morgan fingerprint density at radius 3 is 2.56 bits per heavy atom. The molecular formula is C18H16FNO4S. The molecule has 2 aromatic carbocycles. The standard InChI is InChI=1S/C18H16FNO4S/c1-18-10-14(13-4-2-3-5-15(13)24-18)16(17(21)20-18)25(22,23)12-8-6-11(19)7-9-12/h2-9,14,16H,10H2,1H3,(H,20,21). The summed E-state index contributed by atoms with van der Waals surface area (Å²) in [5.41, 5.74) is -0.240. The molecule has 2 bridgehead atoms. The number of benzene rings is 2. The molecule has 1 N–H and O–H groups in total. The third-order valence-corrected chi connectivity index (χ3v) is 6.89. The molecule has 0 radical (unpaired) electrons. The van der Waals surface area contributed by atoms with Crippen molar-refractivity contribution in [1.82, 2.24) is 5.32 Å². The summed E-state index contributed by atoms with van der Waals surface area (Å²) < 4.78 is 45.2. The van der Waals surface area contributed by atoms with Gasteiger partial charge in [-0.2, -0.15) is 0 Å². The van der Waals surface area contributed by atoms with Crippen LogP contribution >= 0.6 is 0 Å². The fraction of sp³-hybridized carbons (Fsp3) is 0.278. The fourth-order valence-corrected chi connectivity index (χ4v) is 5.51. The minimum absolute atomic E-state index is 0.0679. The highest BCUT2D eigenvalue weighted by molar-refractivity contribution is 7.92. The number of amides is 1. The van der Waals surface area contributed by atoms with E-state index >= 15 is 0 Å². The van der Waals surface area contributed by atoms with E-state index in [-0.39, 0.29) is 4.90 Å². The van der Waals surface area contributed by atoms with E-state index in [2.05, 4.69) is 5.32 Å². The predicted molar refractivity (Wildman–Crippen MR) is 88.3 cm³/mol. The highest BCUT2D eigenvalue weighted by Gasteiger charge is 2.53. The van der Waals surface area contributed by atoms with Crippen molar-refractivity contribution in [2.75, 3.05) is 0 Å². The SMILES string of the molecule is CC12CC(c3ccccc3O1)C(S(=O)(=O)c1ccc(F)cc1)C(=O)N2. The Bertz CT molecular complexity index is 957. The molecule has 2 aliphatic heterocycles. The Morgan fingerprint density at radius 1 is 1.16 bits per heavy atom. The lowest BCUT2D eigenvalue weighted by Crippen LogP contribution is -2.63. The maximum Gasteiger partial charge on any atom is 0.242 e. The van der Waals surface area contributed by atoms with E-state index in [0.717, 1.165) is 12.1 Å².